The molecule has 1 aliphatic heterocycles. The minimum Gasteiger partial charge on any atom is -0.372 e. The van der Waals surface area contributed by atoms with Crippen LogP contribution in [0.25, 0.3) is 10.6 Å². The number of rotatable bonds is 9. The van der Waals surface area contributed by atoms with Crippen LogP contribution in [0.5, 0.6) is 0 Å². The van der Waals surface area contributed by atoms with E-state index in [0.717, 1.165) is 73.3 Å². The highest BCUT2D eigenvalue weighted by Gasteiger charge is 2.15. The molecule has 0 radical (unpaired) electrons. The summed E-state index contributed by atoms with van der Waals surface area (Å²) < 4.78 is 0. The number of carbonyl (C=O) groups excluding carboxylic acids is 1. The van der Waals surface area contributed by atoms with Gasteiger partial charge in [0.2, 0.25) is 5.91 Å². The normalized spacial score (nSPS) is 14.7. The van der Waals surface area contributed by atoms with E-state index in [2.05, 4.69) is 77.3 Å². The number of likely N-dealkylation sites (N-methyl/N-ethyl adjacent to an activating group) is 1. The first-order valence-corrected chi connectivity index (χ1v) is 13.4. The van der Waals surface area contributed by atoms with Gasteiger partial charge < -0.3 is 15.1 Å². The highest BCUT2D eigenvalue weighted by Crippen LogP contribution is 2.26. The number of aromatic nitrogens is 1. The molecule has 2 aromatic carbocycles. The molecule has 0 aliphatic carbocycles. The summed E-state index contributed by atoms with van der Waals surface area (Å²) in [6.07, 6.45) is 0.273. The Balaban J connectivity index is 1.33. The van der Waals surface area contributed by atoms with E-state index in [4.69, 9.17) is 4.98 Å². The summed E-state index contributed by atoms with van der Waals surface area (Å²) in [5.74, 6) is -0.0388. The Morgan fingerprint density at radius 1 is 1.06 bits per heavy atom. The van der Waals surface area contributed by atoms with E-state index in [1.54, 1.807) is 11.3 Å². The molecule has 186 valence electrons. The molecule has 0 spiro atoms. The predicted molar refractivity (Wildman–Crippen MR) is 147 cm³/mol. The van der Waals surface area contributed by atoms with Gasteiger partial charge in [-0.05, 0) is 57.1 Å². The van der Waals surface area contributed by atoms with E-state index in [0.29, 0.717) is 0 Å². The van der Waals surface area contributed by atoms with Gasteiger partial charge in [0.25, 0.3) is 0 Å². The van der Waals surface area contributed by atoms with Crippen LogP contribution in [0.2, 0.25) is 0 Å². The maximum Gasteiger partial charge on any atom is 0.230 e. The molecular formula is C28H37N5OS. The van der Waals surface area contributed by atoms with Gasteiger partial charge in [-0.3, -0.25) is 9.69 Å². The third-order valence-corrected chi connectivity index (χ3v) is 7.65. The SMILES string of the molecule is CCN(CC)c1ccc(NC(=O)Cc2csc(-c3ccc(CN4CCN(C)CC4)cc3)n2)c(C)c1. The molecule has 6 nitrogen and oxygen atoms in total. The van der Waals surface area contributed by atoms with Crippen LogP contribution in [0.1, 0.15) is 30.7 Å². The third-order valence-electron chi connectivity index (χ3n) is 6.71. The maximum atomic E-state index is 12.7. The van der Waals surface area contributed by atoms with Crippen molar-refractivity contribution < 1.29 is 4.79 Å². The number of hydrogen-bond donors (Lipinski definition) is 1. The Labute approximate surface area is 213 Å². The Morgan fingerprint density at radius 2 is 1.77 bits per heavy atom. The second kappa shape index (κ2) is 11.8. The Morgan fingerprint density at radius 3 is 2.43 bits per heavy atom. The Kier molecular flexibility index (Phi) is 8.55. The first-order valence-electron chi connectivity index (χ1n) is 12.5. The van der Waals surface area contributed by atoms with Crippen molar-refractivity contribution in [2.24, 2.45) is 0 Å². The van der Waals surface area contributed by atoms with Crippen LogP contribution >= 0.6 is 11.3 Å². The fourth-order valence-corrected chi connectivity index (χ4v) is 5.30. The number of piperazine rings is 1. The van der Waals surface area contributed by atoms with Crippen LogP contribution in [0.4, 0.5) is 11.4 Å². The minimum atomic E-state index is -0.0388. The van der Waals surface area contributed by atoms with Crippen LogP contribution in [0, 0.1) is 6.92 Å². The summed E-state index contributed by atoms with van der Waals surface area (Å²) in [6.45, 7) is 13.8. The monoisotopic (exact) mass is 491 g/mol. The van der Waals surface area contributed by atoms with E-state index < -0.39 is 0 Å². The van der Waals surface area contributed by atoms with Crippen LogP contribution < -0.4 is 10.2 Å². The number of carbonyl (C=O) groups is 1. The van der Waals surface area contributed by atoms with Crippen molar-refractivity contribution in [3.63, 3.8) is 0 Å². The van der Waals surface area contributed by atoms with E-state index in [-0.39, 0.29) is 12.3 Å². The summed E-state index contributed by atoms with van der Waals surface area (Å²) in [6, 6.07) is 14.9. The fraction of sp³-hybridized carbons (Fsp3) is 0.429. The number of hydrogen-bond acceptors (Lipinski definition) is 6. The molecule has 7 heteroatoms. The molecule has 1 amide bonds. The summed E-state index contributed by atoms with van der Waals surface area (Å²) in [7, 11) is 2.18. The van der Waals surface area contributed by atoms with Gasteiger partial charge in [-0.2, -0.15) is 0 Å². The maximum absolute atomic E-state index is 12.7. The molecule has 1 fully saturated rings. The largest absolute Gasteiger partial charge is 0.372 e. The number of anilines is 2. The van der Waals surface area contributed by atoms with Crippen molar-refractivity contribution in [3.8, 4) is 10.6 Å². The van der Waals surface area contributed by atoms with Gasteiger partial charge in [-0.15, -0.1) is 11.3 Å². The van der Waals surface area contributed by atoms with E-state index in [9.17, 15) is 4.79 Å². The molecule has 0 bridgehead atoms. The standard InChI is InChI=1S/C28H37N5OS/c1-5-33(6-2)25-11-12-26(21(3)17-25)30-27(34)18-24-20-35-28(29-24)23-9-7-22(8-10-23)19-32-15-13-31(4)14-16-32/h7-12,17,20H,5-6,13-16,18-19H2,1-4H3,(H,30,34). The van der Waals surface area contributed by atoms with Gasteiger partial charge in [-0.25, -0.2) is 4.98 Å². The molecule has 0 unspecified atom stereocenters. The van der Waals surface area contributed by atoms with Crippen molar-refractivity contribution in [1.29, 1.82) is 0 Å². The number of benzene rings is 2. The van der Waals surface area contributed by atoms with Gasteiger partial charge >= 0.3 is 0 Å². The van der Waals surface area contributed by atoms with Gasteiger partial charge in [0, 0.05) is 68.1 Å². The summed E-state index contributed by atoms with van der Waals surface area (Å²) in [4.78, 5) is 24.6. The molecule has 1 aromatic heterocycles. The van der Waals surface area contributed by atoms with Crippen molar-refractivity contribution in [2.45, 2.75) is 33.7 Å². The molecule has 35 heavy (non-hydrogen) atoms. The zero-order valence-electron chi connectivity index (χ0n) is 21.4. The Bertz CT molecular complexity index is 1110. The summed E-state index contributed by atoms with van der Waals surface area (Å²) >= 11 is 1.59. The van der Waals surface area contributed by atoms with Gasteiger partial charge in [0.05, 0.1) is 12.1 Å². The number of nitrogens with zero attached hydrogens (tertiary/aromatic N) is 4. The second-order valence-electron chi connectivity index (χ2n) is 9.32. The second-order valence-corrected chi connectivity index (χ2v) is 10.2. The van der Waals surface area contributed by atoms with Gasteiger partial charge in [0.15, 0.2) is 0 Å². The summed E-state index contributed by atoms with van der Waals surface area (Å²) in [5.41, 5.74) is 6.35. The fourth-order valence-electron chi connectivity index (χ4n) is 4.47. The first kappa shape index (κ1) is 25.4. The van der Waals surface area contributed by atoms with Crippen molar-refractivity contribution in [2.75, 3.05) is 56.5 Å². The number of amides is 1. The molecule has 4 rings (SSSR count). The molecule has 1 N–H and O–H groups in total. The average Bonchev–Trinajstić information content (AvgIpc) is 3.32. The minimum absolute atomic E-state index is 0.0388. The van der Waals surface area contributed by atoms with E-state index in [1.807, 2.05) is 18.4 Å². The highest BCUT2D eigenvalue weighted by molar-refractivity contribution is 7.13. The lowest BCUT2D eigenvalue weighted by molar-refractivity contribution is -0.115. The lowest BCUT2D eigenvalue weighted by Gasteiger charge is -2.32. The van der Waals surface area contributed by atoms with Crippen LogP contribution in [-0.2, 0) is 17.8 Å². The lowest BCUT2D eigenvalue weighted by Crippen LogP contribution is -2.43. The topological polar surface area (TPSA) is 51.7 Å². The summed E-state index contributed by atoms with van der Waals surface area (Å²) in [5, 5.41) is 6.00. The van der Waals surface area contributed by atoms with Crippen LogP contribution in [0.3, 0.4) is 0 Å². The number of thiazole rings is 1. The zero-order chi connectivity index (χ0) is 24.8. The average molecular weight is 492 g/mol. The molecule has 3 aromatic rings. The number of aryl methyl sites for hydroxylation is 1. The molecule has 0 saturated carbocycles. The van der Waals surface area contributed by atoms with E-state index >= 15 is 0 Å². The zero-order valence-corrected chi connectivity index (χ0v) is 22.2. The molecule has 1 saturated heterocycles. The molecular weight excluding hydrogens is 454 g/mol. The smallest absolute Gasteiger partial charge is 0.230 e. The van der Waals surface area contributed by atoms with E-state index in [1.165, 1.54) is 11.3 Å². The van der Waals surface area contributed by atoms with Gasteiger partial charge in [-0.1, -0.05) is 24.3 Å². The van der Waals surface area contributed by atoms with Crippen LogP contribution in [-0.4, -0.2) is 67.0 Å². The van der Waals surface area contributed by atoms with Crippen molar-refractivity contribution >= 4 is 28.6 Å². The van der Waals surface area contributed by atoms with Crippen LogP contribution in [0.15, 0.2) is 47.8 Å². The van der Waals surface area contributed by atoms with Gasteiger partial charge in [0.1, 0.15) is 5.01 Å². The molecule has 1 aliphatic rings. The third kappa shape index (κ3) is 6.69. The predicted octanol–water partition coefficient (Wildman–Crippen LogP) is 4.89. The van der Waals surface area contributed by atoms with Crippen molar-refractivity contribution in [1.82, 2.24) is 14.8 Å². The molecule has 0 atom stereocenters. The lowest BCUT2D eigenvalue weighted by atomic mass is 10.1. The quantitative estimate of drug-likeness (QED) is 0.462. The number of nitrogens with one attached hydrogen (secondary N) is 1. The Hall–Kier alpha value is -2.74. The highest BCUT2D eigenvalue weighted by atomic mass is 32.1. The molecule has 2 heterocycles. The van der Waals surface area contributed by atoms with Crippen molar-refractivity contribution in [3.05, 3.63) is 64.7 Å². The first-order chi connectivity index (χ1) is 16.9.